The smallest absolute Gasteiger partial charge is 0.339 e. The largest absolute Gasteiger partial charge is 0.465 e. The Kier molecular flexibility index (Phi) is 4.80. The highest BCUT2D eigenvalue weighted by Gasteiger charge is 2.22. The number of piperazine rings is 1. The molecule has 1 unspecified atom stereocenters. The molecule has 1 aliphatic rings. The highest BCUT2D eigenvalue weighted by atomic mass is 16.5. The second-order valence-corrected chi connectivity index (χ2v) is 4.89. The Balaban J connectivity index is 2.19. The van der Waals surface area contributed by atoms with Crippen LogP contribution in [0.1, 0.15) is 30.1 Å². The lowest BCUT2D eigenvalue weighted by Gasteiger charge is -2.36. The van der Waals surface area contributed by atoms with Crippen LogP contribution in [0.3, 0.4) is 0 Å². The number of anilines is 1. The molecule has 1 atom stereocenters. The van der Waals surface area contributed by atoms with Crippen LogP contribution in [0.25, 0.3) is 0 Å². The van der Waals surface area contributed by atoms with Gasteiger partial charge < -0.3 is 15.0 Å². The molecule has 1 aromatic rings. The van der Waals surface area contributed by atoms with Crippen molar-refractivity contribution in [2.24, 2.45) is 0 Å². The molecule has 0 amide bonds. The number of carbonyl (C=O) groups excluding carboxylic acids is 1. The molecule has 2 rings (SSSR count). The second kappa shape index (κ2) is 6.57. The van der Waals surface area contributed by atoms with Crippen LogP contribution >= 0.6 is 0 Å². The lowest BCUT2D eigenvalue weighted by atomic mass is 10.1. The maximum Gasteiger partial charge on any atom is 0.339 e. The van der Waals surface area contributed by atoms with Gasteiger partial charge in [0, 0.05) is 25.7 Å². The van der Waals surface area contributed by atoms with Gasteiger partial charge in [0.2, 0.25) is 0 Å². The summed E-state index contributed by atoms with van der Waals surface area (Å²) in [5.74, 6) is -0.263. The van der Waals surface area contributed by atoms with Crippen LogP contribution in [-0.4, -0.2) is 38.8 Å². The summed E-state index contributed by atoms with van der Waals surface area (Å²) >= 11 is 0. The van der Waals surface area contributed by atoms with Crippen molar-refractivity contribution >= 4 is 11.7 Å². The molecule has 0 bridgehead atoms. The van der Waals surface area contributed by atoms with Crippen molar-refractivity contribution in [2.45, 2.75) is 25.8 Å². The summed E-state index contributed by atoms with van der Waals surface area (Å²) in [5.41, 5.74) is 1.64. The summed E-state index contributed by atoms with van der Waals surface area (Å²) in [6, 6.07) is 8.18. The van der Waals surface area contributed by atoms with Gasteiger partial charge in [-0.2, -0.15) is 0 Å². The Bertz CT molecular complexity index is 432. The van der Waals surface area contributed by atoms with E-state index in [0.29, 0.717) is 11.6 Å². The number of ether oxygens (including phenoxy) is 1. The van der Waals surface area contributed by atoms with Gasteiger partial charge in [0.25, 0.3) is 0 Å². The third-order valence-corrected chi connectivity index (χ3v) is 3.54. The summed E-state index contributed by atoms with van der Waals surface area (Å²) < 4.78 is 4.86. The number of hydrogen-bond acceptors (Lipinski definition) is 4. The maximum absolute atomic E-state index is 11.8. The standard InChI is InChI=1S/C15H22N2O2/c1-3-6-12-11-17(10-9-16-12)14-8-5-4-7-13(14)15(18)19-2/h4-5,7-8,12,16H,3,6,9-11H2,1-2H3. The van der Waals surface area contributed by atoms with Crippen molar-refractivity contribution in [1.29, 1.82) is 0 Å². The Morgan fingerprint density at radius 1 is 1.47 bits per heavy atom. The lowest BCUT2D eigenvalue weighted by molar-refractivity contribution is 0.0601. The van der Waals surface area contributed by atoms with Gasteiger partial charge in [-0.05, 0) is 18.6 Å². The number of methoxy groups -OCH3 is 1. The number of rotatable bonds is 4. The Morgan fingerprint density at radius 2 is 2.26 bits per heavy atom. The fourth-order valence-electron chi connectivity index (χ4n) is 2.62. The van der Waals surface area contributed by atoms with Gasteiger partial charge in [0.15, 0.2) is 0 Å². The van der Waals surface area contributed by atoms with Crippen molar-refractivity contribution in [3.8, 4) is 0 Å². The first kappa shape index (κ1) is 13.9. The van der Waals surface area contributed by atoms with Gasteiger partial charge in [-0.15, -0.1) is 0 Å². The SMILES string of the molecule is CCCC1CN(c2ccccc2C(=O)OC)CCN1. The number of hydrogen-bond donors (Lipinski definition) is 1. The number of para-hydroxylation sites is 1. The molecule has 104 valence electrons. The van der Waals surface area contributed by atoms with E-state index >= 15 is 0 Å². The number of esters is 1. The van der Waals surface area contributed by atoms with Gasteiger partial charge in [0.05, 0.1) is 18.4 Å². The quantitative estimate of drug-likeness (QED) is 0.843. The molecule has 19 heavy (non-hydrogen) atoms. The van der Waals surface area contributed by atoms with Crippen LogP contribution in [0, 0.1) is 0 Å². The summed E-state index contributed by atoms with van der Waals surface area (Å²) in [6.07, 6.45) is 2.33. The summed E-state index contributed by atoms with van der Waals surface area (Å²) in [5, 5.41) is 3.52. The summed E-state index contributed by atoms with van der Waals surface area (Å²) in [4.78, 5) is 14.1. The zero-order chi connectivity index (χ0) is 13.7. The third kappa shape index (κ3) is 3.26. The minimum atomic E-state index is -0.263. The fraction of sp³-hybridized carbons (Fsp3) is 0.533. The van der Waals surface area contributed by atoms with E-state index in [1.54, 1.807) is 0 Å². The minimum absolute atomic E-state index is 0.263. The van der Waals surface area contributed by atoms with Gasteiger partial charge in [0.1, 0.15) is 0 Å². The summed E-state index contributed by atoms with van der Waals surface area (Å²) in [7, 11) is 1.43. The number of nitrogens with zero attached hydrogens (tertiary/aromatic N) is 1. The Hall–Kier alpha value is -1.55. The van der Waals surface area contributed by atoms with E-state index in [1.165, 1.54) is 13.5 Å². The predicted molar refractivity (Wildman–Crippen MR) is 76.7 cm³/mol. The molecule has 1 aliphatic heterocycles. The zero-order valence-corrected chi connectivity index (χ0v) is 11.7. The van der Waals surface area contributed by atoms with Crippen LogP contribution in [0.2, 0.25) is 0 Å². The zero-order valence-electron chi connectivity index (χ0n) is 11.7. The van der Waals surface area contributed by atoms with E-state index in [1.807, 2.05) is 24.3 Å². The van der Waals surface area contributed by atoms with E-state index < -0.39 is 0 Å². The van der Waals surface area contributed by atoms with Gasteiger partial charge in [-0.3, -0.25) is 0 Å². The Labute approximate surface area is 114 Å². The number of carbonyl (C=O) groups is 1. The van der Waals surface area contributed by atoms with Crippen molar-refractivity contribution in [3.63, 3.8) is 0 Å². The van der Waals surface area contributed by atoms with Crippen molar-refractivity contribution < 1.29 is 9.53 Å². The molecule has 0 saturated carbocycles. The summed E-state index contributed by atoms with van der Waals surface area (Å²) in [6.45, 7) is 5.03. The van der Waals surface area contributed by atoms with E-state index in [4.69, 9.17) is 4.74 Å². The average molecular weight is 262 g/mol. The van der Waals surface area contributed by atoms with Crippen LogP contribution in [0.15, 0.2) is 24.3 Å². The van der Waals surface area contributed by atoms with Gasteiger partial charge in [-0.1, -0.05) is 25.5 Å². The molecule has 1 heterocycles. The van der Waals surface area contributed by atoms with Crippen LogP contribution in [-0.2, 0) is 4.74 Å². The molecule has 4 nitrogen and oxygen atoms in total. The van der Waals surface area contributed by atoms with Crippen LogP contribution in [0.4, 0.5) is 5.69 Å². The Morgan fingerprint density at radius 3 is 3.00 bits per heavy atom. The highest BCUT2D eigenvalue weighted by Crippen LogP contribution is 2.23. The molecule has 0 aliphatic carbocycles. The monoisotopic (exact) mass is 262 g/mol. The topological polar surface area (TPSA) is 41.6 Å². The van der Waals surface area contributed by atoms with E-state index in [2.05, 4.69) is 17.1 Å². The van der Waals surface area contributed by atoms with E-state index in [-0.39, 0.29) is 5.97 Å². The minimum Gasteiger partial charge on any atom is -0.465 e. The fourth-order valence-corrected chi connectivity index (χ4v) is 2.62. The molecule has 4 heteroatoms. The molecule has 0 radical (unpaired) electrons. The normalized spacial score (nSPS) is 19.3. The molecular weight excluding hydrogens is 240 g/mol. The first-order chi connectivity index (χ1) is 9.26. The molecular formula is C15H22N2O2. The van der Waals surface area contributed by atoms with Crippen LogP contribution < -0.4 is 10.2 Å². The first-order valence-electron chi connectivity index (χ1n) is 6.92. The van der Waals surface area contributed by atoms with Crippen LogP contribution in [0.5, 0.6) is 0 Å². The molecule has 1 fully saturated rings. The van der Waals surface area contributed by atoms with Crippen molar-refractivity contribution in [3.05, 3.63) is 29.8 Å². The van der Waals surface area contributed by atoms with E-state index in [0.717, 1.165) is 31.7 Å². The average Bonchev–Trinajstić information content (AvgIpc) is 2.47. The van der Waals surface area contributed by atoms with Crippen molar-refractivity contribution in [1.82, 2.24) is 5.32 Å². The maximum atomic E-state index is 11.8. The molecule has 1 aromatic carbocycles. The molecule has 1 saturated heterocycles. The second-order valence-electron chi connectivity index (χ2n) is 4.89. The van der Waals surface area contributed by atoms with E-state index in [9.17, 15) is 4.79 Å². The number of nitrogens with one attached hydrogen (secondary N) is 1. The van der Waals surface area contributed by atoms with Gasteiger partial charge in [-0.25, -0.2) is 4.79 Å². The third-order valence-electron chi connectivity index (χ3n) is 3.54. The van der Waals surface area contributed by atoms with Crippen molar-refractivity contribution in [2.75, 3.05) is 31.6 Å². The first-order valence-corrected chi connectivity index (χ1v) is 6.92. The molecule has 0 spiro atoms. The molecule has 0 aromatic heterocycles. The highest BCUT2D eigenvalue weighted by molar-refractivity contribution is 5.95. The molecule has 1 N–H and O–H groups in total. The van der Waals surface area contributed by atoms with Gasteiger partial charge >= 0.3 is 5.97 Å². The predicted octanol–water partition coefficient (Wildman–Crippen LogP) is 2.05. The lowest BCUT2D eigenvalue weighted by Crippen LogP contribution is -2.51. The number of benzene rings is 1.